The maximum Gasteiger partial charge on any atom is 0.339 e. The average Bonchev–Trinajstić information content (AvgIpc) is 2.29. The minimum atomic E-state index is -0.384. The molecule has 0 amide bonds. The summed E-state index contributed by atoms with van der Waals surface area (Å²) in [6, 6.07) is 3.44. The van der Waals surface area contributed by atoms with Gasteiger partial charge in [-0.2, -0.15) is 0 Å². The summed E-state index contributed by atoms with van der Waals surface area (Å²) in [5, 5.41) is 1.10. The summed E-state index contributed by atoms with van der Waals surface area (Å²) >= 11 is 5.86. The van der Waals surface area contributed by atoms with Gasteiger partial charge in [0.2, 0.25) is 0 Å². The molecule has 0 atom stereocenters. The lowest BCUT2D eigenvalue weighted by Gasteiger charge is -2.03. The molecule has 82 valence electrons. The first kappa shape index (κ1) is 10.8. The molecule has 0 saturated carbocycles. The standard InChI is InChI=1S/C11H9ClN2O2/c1-2-16-11(15)8-5-7-3-4-13-10(12)9(7)14-6-8/h3-6H,2H2,1H3. The quantitative estimate of drug-likeness (QED) is 0.594. The lowest BCUT2D eigenvalue weighted by Crippen LogP contribution is -2.05. The van der Waals surface area contributed by atoms with Gasteiger partial charge < -0.3 is 4.74 Å². The van der Waals surface area contributed by atoms with Crippen LogP contribution in [0.3, 0.4) is 0 Å². The molecule has 2 aromatic rings. The van der Waals surface area contributed by atoms with Gasteiger partial charge in [-0.3, -0.25) is 4.98 Å². The van der Waals surface area contributed by atoms with Crippen LogP contribution in [0.2, 0.25) is 5.15 Å². The summed E-state index contributed by atoms with van der Waals surface area (Å²) < 4.78 is 4.88. The summed E-state index contributed by atoms with van der Waals surface area (Å²) in [5.74, 6) is -0.384. The van der Waals surface area contributed by atoms with Crippen LogP contribution in [-0.2, 0) is 4.74 Å². The van der Waals surface area contributed by atoms with Crippen LogP contribution < -0.4 is 0 Å². The van der Waals surface area contributed by atoms with Crippen molar-refractivity contribution in [2.24, 2.45) is 0 Å². The van der Waals surface area contributed by atoms with Crippen LogP contribution in [0.1, 0.15) is 17.3 Å². The molecule has 4 nitrogen and oxygen atoms in total. The fourth-order valence-electron chi connectivity index (χ4n) is 1.35. The van der Waals surface area contributed by atoms with Crippen molar-refractivity contribution in [3.63, 3.8) is 0 Å². The van der Waals surface area contributed by atoms with E-state index in [1.165, 1.54) is 6.20 Å². The molecule has 2 heterocycles. The summed E-state index contributed by atoms with van der Waals surface area (Å²) in [4.78, 5) is 19.5. The Kier molecular flexibility index (Phi) is 3.01. The number of fused-ring (bicyclic) bond motifs is 1. The van der Waals surface area contributed by atoms with Gasteiger partial charge in [0.15, 0.2) is 5.15 Å². The van der Waals surface area contributed by atoms with Gasteiger partial charge in [-0.15, -0.1) is 0 Å². The summed E-state index contributed by atoms with van der Waals surface area (Å²) in [6.07, 6.45) is 3.01. The van der Waals surface area contributed by atoms with E-state index in [0.29, 0.717) is 22.8 Å². The van der Waals surface area contributed by atoms with E-state index in [1.54, 1.807) is 25.3 Å². The molecule has 2 rings (SSSR count). The molecular formula is C11H9ClN2O2. The van der Waals surface area contributed by atoms with E-state index in [1.807, 2.05) is 0 Å². The Morgan fingerprint density at radius 1 is 1.50 bits per heavy atom. The maximum atomic E-state index is 11.5. The fourth-order valence-corrected chi connectivity index (χ4v) is 1.57. The number of hydrogen-bond donors (Lipinski definition) is 0. The number of carbonyl (C=O) groups excluding carboxylic acids is 1. The van der Waals surface area contributed by atoms with Gasteiger partial charge in [-0.1, -0.05) is 11.6 Å². The van der Waals surface area contributed by atoms with Crippen LogP contribution in [-0.4, -0.2) is 22.5 Å². The highest BCUT2D eigenvalue weighted by Crippen LogP contribution is 2.19. The van der Waals surface area contributed by atoms with E-state index < -0.39 is 0 Å². The van der Waals surface area contributed by atoms with Crippen LogP contribution >= 0.6 is 11.6 Å². The Hall–Kier alpha value is -1.68. The Labute approximate surface area is 97.2 Å². The summed E-state index contributed by atoms with van der Waals surface area (Å²) in [5.41, 5.74) is 0.994. The Morgan fingerprint density at radius 2 is 2.31 bits per heavy atom. The number of ether oxygens (including phenoxy) is 1. The number of pyridine rings is 2. The lowest BCUT2D eigenvalue weighted by molar-refractivity contribution is 0.0526. The van der Waals surface area contributed by atoms with Crippen LogP contribution in [0.5, 0.6) is 0 Å². The van der Waals surface area contributed by atoms with E-state index in [9.17, 15) is 4.79 Å². The van der Waals surface area contributed by atoms with Crippen molar-refractivity contribution >= 4 is 28.5 Å². The van der Waals surface area contributed by atoms with E-state index in [0.717, 1.165) is 5.39 Å². The molecule has 0 aliphatic rings. The number of esters is 1. The zero-order valence-corrected chi connectivity index (χ0v) is 9.36. The van der Waals surface area contributed by atoms with Crippen molar-refractivity contribution < 1.29 is 9.53 Å². The monoisotopic (exact) mass is 236 g/mol. The molecule has 0 aliphatic heterocycles. The van der Waals surface area contributed by atoms with E-state index in [4.69, 9.17) is 16.3 Å². The molecule has 0 N–H and O–H groups in total. The SMILES string of the molecule is CCOC(=O)c1cnc2c(Cl)nccc2c1. The predicted octanol–water partition coefficient (Wildman–Crippen LogP) is 2.46. The lowest BCUT2D eigenvalue weighted by atomic mass is 10.2. The number of carbonyl (C=O) groups is 1. The molecule has 0 unspecified atom stereocenters. The first-order valence-corrected chi connectivity index (χ1v) is 5.17. The second kappa shape index (κ2) is 4.45. The van der Waals surface area contributed by atoms with Crippen molar-refractivity contribution in [2.45, 2.75) is 6.92 Å². The topological polar surface area (TPSA) is 52.1 Å². The number of aromatic nitrogens is 2. The van der Waals surface area contributed by atoms with Gasteiger partial charge in [-0.25, -0.2) is 9.78 Å². The second-order valence-corrected chi connectivity index (χ2v) is 3.48. The smallest absolute Gasteiger partial charge is 0.339 e. The van der Waals surface area contributed by atoms with Gasteiger partial charge in [-0.05, 0) is 19.1 Å². The summed E-state index contributed by atoms with van der Waals surface area (Å²) in [7, 11) is 0. The molecular weight excluding hydrogens is 228 g/mol. The number of nitrogens with zero attached hydrogens (tertiary/aromatic N) is 2. The highest BCUT2D eigenvalue weighted by molar-refractivity contribution is 6.33. The Bertz CT molecular complexity index is 542. The van der Waals surface area contributed by atoms with Crippen LogP contribution in [0.25, 0.3) is 10.9 Å². The molecule has 0 radical (unpaired) electrons. The summed E-state index contributed by atoms with van der Waals surface area (Å²) in [6.45, 7) is 2.10. The first-order chi connectivity index (χ1) is 7.72. The van der Waals surface area contributed by atoms with Crippen molar-refractivity contribution in [3.05, 3.63) is 35.2 Å². The number of rotatable bonds is 2. The van der Waals surface area contributed by atoms with E-state index >= 15 is 0 Å². The molecule has 2 aromatic heterocycles. The third-order valence-electron chi connectivity index (χ3n) is 2.07. The second-order valence-electron chi connectivity index (χ2n) is 3.12. The molecule has 16 heavy (non-hydrogen) atoms. The van der Waals surface area contributed by atoms with Crippen molar-refractivity contribution in [1.29, 1.82) is 0 Å². The minimum absolute atomic E-state index is 0.327. The van der Waals surface area contributed by atoms with Crippen molar-refractivity contribution in [3.8, 4) is 0 Å². The van der Waals surface area contributed by atoms with Crippen LogP contribution in [0.15, 0.2) is 24.5 Å². The van der Waals surface area contributed by atoms with Crippen LogP contribution in [0.4, 0.5) is 0 Å². The maximum absolute atomic E-state index is 11.5. The fraction of sp³-hybridized carbons (Fsp3) is 0.182. The Balaban J connectivity index is 2.48. The molecule has 0 aromatic carbocycles. The minimum Gasteiger partial charge on any atom is -0.462 e. The van der Waals surface area contributed by atoms with Gasteiger partial charge in [0, 0.05) is 17.8 Å². The van der Waals surface area contributed by atoms with Crippen molar-refractivity contribution in [1.82, 2.24) is 9.97 Å². The zero-order valence-electron chi connectivity index (χ0n) is 8.61. The van der Waals surface area contributed by atoms with Crippen molar-refractivity contribution in [2.75, 3.05) is 6.61 Å². The normalized spacial score (nSPS) is 10.4. The molecule has 5 heteroatoms. The van der Waals surface area contributed by atoms with Gasteiger partial charge >= 0.3 is 5.97 Å². The average molecular weight is 237 g/mol. The highest BCUT2D eigenvalue weighted by Gasteiger charge is 2.09. The van der Waals surface area contributed by atoms with Gasteiger partial charge in [0.05, 0.1) is 12.2 Å². The molecule has 0 fully saturated rings. The largest absolute Gasteiger partial charge is 0.462 e. The zero-order chi connectivity index (χ0) is 11.5. The molecule has 0 saturated heterocycles. The van der Waals surface area contributed by atoms with Gasteiger partial charge in [0.1, 0.15) is 5.52 Å². The van der Waals surface area contributed by atoms with E-state index in [-0.39, 0.29) is 5.97 Å². The number of halogens is 1. The van der Waals surface area contributed by atoms with Crippen LogP contribution in [0, 0.1) is 0 Å². The molecule has 0 spiro atoms. The highest BCUT2D eigenvalue weighted by atomic mass is 35.5. The molecule has 0 aliphatic carbocycles. The van der Waals surface area contributed by atoms with Gasteiger partial charge in [0.25, 0.3) is 0 Å². The first-order valence-electron chi connectivity index (χ1n) is 4.79. The predicted molar refractivity (Wildman–Crippen MR) is 60.5 cm³/mol. The third-order valence-corrected chi connectivity index (χ3v) is 2.34. The molecule has 0 bridgehead atoms. The number of hydrogen-bond acceptors (Lipinski definition) is 4. The third kappa shape index (κ3) is 1.97. The Morgan fingerprint density at radius 3 is 3.06 bits per heavy atom. The van der Waals surface area contributed by atoms with E-state index in [2.05, 4.69) is 9.97 Å².